The molecule has 2 aromatic rings. The molecule has 0 aliphatic heterocycles. The van der Waals surface area contributed by atoms with E-state index in [1.54, 1.807) is 0 Å². The van der Waals surface area contributed by atoms with E-state index in [0.717, 1.165) is 31.0 Å². The van der Waals surface area contributed by atoms with Gasteiger partial charge in [0.25, 0.3) is 0 Å². The van der Waals surface area contributed by atoms with Crippen LogP contribution in [0.3, 0.4) is 0 Å². The molecule has 0 saturated carbocycles. The molecular weight excluding hydrogens is 224 g/mol. The van der Waals surface area contributed by atoms with Gasteiger partial charge in [0.2, 0.25) is 0 Å². The van der Waals surface area contributed by atoms with E-state index >= 15 is 0 Å². The molecule has 96 valence electrons. The van der Waals surface area contributed by atoms with Crippen LogP contribution < -0.4 is 5.32 Å². The highest BCUT2D eigenvalue weighted by Gasteiger charge is 2.05. The zero-order valence-electron chi connectivity index (χ0n) is 11.0. The third-order valence-corrected chi connectivity index (χ3v) is 2.71. The van der Waals surface area contributed by atoms with Crippen molar-refractivity contribution in [1.82, 2.24) is 14.8 Å². The SMILES string of the molecule is CC(C)Cn1cnnc1CCNc1ccccc1. The summed E-state index contributed by atoms with van der Waals surface area (Å²) in [5.74, 6) is 1.66. The van der Waals surface area contributed by atoms with Crippen molar-refractivity contribution in [2.24, 2.45) is 5.92 Å². The first-order valence-corrected chi connectivity index (χ1v) is 6.41. The van der Waals surface area contributed by atoms with Crippen LogP contribution in [0.25, 0.3) is 0 Å². The Morgan fingerprint density at radius 3 is 2.72 bits per heavy atom. The van der Waals surface area contributed by atoms with Crippen LogP contribution in [0.15, 0.2) is 36.7 Å². The molecule has 4 heteroatoms. The topological polar surface area (TPSA) is 42.7 Å². The first-order chi connectivity index (χ1) is 8.75. The number of nitrogens with one attached hydrogen (secondary N) is 1. The highest BCUT2D eigenvalue weighted by molar-refractivity contribution is 5.42. The summed E-state index contributed by atoms with van der Waals surface area (Å²) in [6.07, 6.45) is 2.71. The number of rotatable bonds is 6. The molecule has 1 N–H and O–H groups in total. The molecule has 1 aromatic carbocycles. The Morgan fingerprint density at radius 2 is 2.00 bits per heavy atom. The number of hydrogen-bond donors (Lipinski definition) is 1. The molecule has 18 heavy (non-hydrogen) atoms. The van der Waals surface area contributed by atoms with E-state index in [2.05, 4.69) is 46.1 Å². The molecule has 0 radical (unpaired) electrons. The van der Waals surface area contributed by atoms with Gasteiger partial charge in [-0.2, -0.15) is 0 Å². The third kappa shape index (κ3) is 3.58. The van der Waals surface area contributed by atoms with Gasteiger partial charge in [-0.25, -0.2) is 0 Å². The van der Waals surface area contributed by atoms with Gasteiger partial charge >= 0.3 is 0 Å². The zero-order chi connectivity index (χ0) is 12.8. The third-order valence-electron chi connectivity index (χ3n) is 2.71. The van der Waals surface area contributed by atoms with Crippen LogP contribution in [0.2, 0.25) is 0 Å². The molecular formula is C14H20N4. The van der Waals surface area contributed by atoms with Crippen LogP contribution in [-0.4, -0.2) is 21.3 Å². The van der Waals surface area contributed by atoms with Gasteiger partial charge in [-0.05, 0) is 18.1 Å². The van der Waals surface area contributed by atoms with Crippen molar-refractivity contribution in [3.8, 4) is 0 Å². The smallest absolute Gasteiger partial charge is 0.134 e. The molecule has 0 aliphatic rings. The summed E-state index contributed by atoms with van der Waals surface area (Å²) in [4.78, 5) is 0. The van der Waals surface area contributed by atoms with Crippen LogP contribution in [0, 0.1) is 5.92 Å². The van der Waals surface area contributed by atoms with Crippen LogP contribution in [0.5, 0.6) is 0 Å². The van der Waals surface area contributed by atoms with Crippen molar-refractivity contribution in [1.29, 1.82) is 0 Å². The highest BCUT2D eigenvalue weighted by atomic mass is 15.3. The lowest BCUT2D eigenvalue weighted by molar-refractivity contribution is 0.507. The van der Waals surface area contributed by atoms with E-state index < -0.39 is 0 Å². The summed E-state index contributed by atoms with van der Waals surface area (Å²) in [5.41, 5.74) is 1.15. The number of aromatic nitrogens is 3. The van der Waals surface area contributed by atoms with Crippen LogP contribution in [0.4, 0.5) is 5.69 Å². The maximum Gasteiger partial charge on any atom is 0.134 e. The lowest BCUT2D eigenvalue weighted by Gasteiger charge is -2.10. The Bertz CT molecular complexity index is 462. The van der Waals surface area contributed by atoms with E-state index in [1.807, 2.05) is 24.5 Å². The van der Waals surface area contributed by atoms with Crippen molar-refractivity contribution in [2.45, 2.75) is 26.8 Å². The molecule has 0 unspecified atom stereocenters. The first-order valence-electron chi connectivity index (χ1n) is 6.41. The number of para-hydroxylation sites is 1. The molecule has 2 rings (SSSR count). The molecule has 0 amide bonds. The standard InChI is InChI=1S/C14H20N4/c1-12(2)10-18-11-16-17-14(18)8-9-15-13-6-4-3-5-7-13/h3-7,11-12,15H,8-10H2,1-2H3. The second kappa shape index (κ2) is 6.19. The number of benzene rings is 1. The highest BCUT2D eigenvalue weighted by Crippen LogP contribution is 2.06. The fourth-order valence-corrected chi connectivity index (χ4v) is 1.89. The minimum atomic E-state index is 0.613. The van der Waals surface area contributed by atoms with Gasteiger partial charge in [-0.3, -0.25) is 0 Å². The summed E-state index contributed by atoms with van der Waals surface area (Å²) < 4.78 is 2.14. The lowest BCUT2D eigenvalue weighted by Crippen LogP contribution is -2.12. The van der Waals surface area contributed by atoms with Crippen molar-refractivity contribution in [3.63, 3.8) is 0 Å². The molecule has 0 aliphatic carbocycles. The maximum absolute atomic E-state index is 4.17. The van der Waals surface area contributed by atoms with Crippen LogP contribution >= 0.6 is 0 Å². The summed E-state index contributed by atoms with van der Waals surface area (Å²) in [7, 11) is 0. The second-order valence-corrected chi connectivity index (χ2v) is 4.84. The predicted octanol–water partition coefficient (Wildman–Crippen LogP) is 2.59. The largest absolute Gasteiger partial charge is 0.385 e. The van der Waals surface area contributed by atoms with Crippen molar-refractivity contribution in [2.75, 3.05) is 11.9 Å². The summed E-state index contributed by atoms with van der Waals surface area (Å²) in [6, 6.07) is 10.2. The molecule has 4 nitrogen and oxygen atoms in total. The molecule has 0 fully saturated rings. The Hall–Kier alpha value is -1.84. The molecule has 1 aromatic heterocycles. The second-order valence-electron chi connectivity index (χ2n) is 4.84. The number of anilines is 1. The van der Waals surface area contributed by atoms with Gasteiger partial charge in [0.1, 0.15) is 12.2 Å². The quantitative estimate of drug-likeness (QED) is 0.849. The van der Waals surface area contributed by atoms with Gasteiger partial charge < -0.3 is 9.88 Å². The fourth-order valence-electron chi connectivity index (χ4n) is 1.89. The maximum atomic E-state index is 4.17. The van der Waals surface area contributed by atoms with E-state index in [1.165, 1.54) is 0 Å². The minimum Gasteiger partial charge on any atom is -0.385 e. The number of nitrogens with zero attached hydrogens (tertiary/aromatic N) is 3. The fraction of sp³-hybridized carbons (Fsp3) is 0.429. The lowest BCUT2D eigenvalue weighted by atomic mass is 10.2. The van der Waals surface area contributed by atoms with E-state index in [4.69, 9.17) is 0 Å². The average molecular weight is 244 g/mol. The van der Waals surface area contributed by atoms with E-state index in [0.29, 0.717) is 5.92 Å². The molecule has 0 spiro atoms. The molecule has 0 bridgehead atoms. The predicted molar refractivity (Wildman–Crippen MR) is 73.5 cm³/mol. The van der Waals surface area contributed by atoms with E-state index in [-0.39, 0.29) is 0 Å². The Labute approximate surface area is 108 Å². The van der Waals surface area contributed by atoms with Crippen molar-refractivity contribution >= 4 is 5.69 Å². The van der Waals surface area contributed by atoms with Gasteiger partial charge in [0.05, 0.1) is 0 Å². The van der Waals surface area contributed by atoms with Gasteiger partial charge in [-0.15, -0.1) is 10.2 Å². The van der Waals surface area contributed by atoms with E-state index in [9.17, 15) is 0 Å². The van der Waals surface area contributed by atoms with Crippen LogP contribution in [0.1, 0.15) is 19.7 Å². The molecule has 0 saturated heterocycles. The van der Waals surface area contributed by atoms with Crippen LogP contribution in [-0.2, 0) is 13.0 Å². The van der Waals surface area contributed by atoms with Gasteiger partial charge in [0.15, 0.2) is 0 Å². The Morgan fingerprint density at radius 1 is 1.22 bits per heavy atom. The van der Waals surface area contributed by atoms with Gasteiger partial charge in [0, 0.05) is 25.2 Å². The molecule has 0 atom stereocenters. The van der Waals surface area contributed by atoms with Crippen molar-refractivity contribution in [3.05, 3.63) is 42.5 Å². The minimum absolute atomic E-state index is 0.613. The summed E-state index contributed by atoms with van der Waals surface area (Å²) in [5, 5.41) is 11.5. The van der Waals surface area contributed by atoms with Gasteiger partial charge in [-0.1, -0.05) is 32.0 Å². The Kier molecular flexibility index (Phi) is 4.34. The molecule has 1 heterocycles. The first kappa shape index (κ1) is 12.6. The normalized spacial score (nSPS) is 10.8. The Balaban J connectivity index is 1.85. The monoisotopic (exact) mass is 244 g/mol. The van der Waals surface area contributed by atoms with Crippen molar-refractivity contribution < 1.29 is 0 Å². The average Bonchev–Trinajstić information content (AvgIpc) is 2.77. The zero-order valence-corrected chi connectivity index (χ0v) is 11.0. The number of hydrogen-bond acceptors (Lipinski definition) is 3. The summed E-state index contributed by atoms with van der Waals surface area (Å²) in [6.45, 7) is 6.26. The summed E-state index contributed by atoms with van der Waals surface area (Å²) >= 11 is 0.